The maximum absolute atomic E-state index is 12.5. The minimum absolute atomic E-state index is 0.136. The molecule has 8 heteroatoms. The van der Waals surface area contributed by atoms with Gasteiger partial charge in [0.05, 0.1) is 20.8 Å². The highest BCUT2D eigenvalue weighted by atomic mass is 16.5. The summed E-state index contributed by atoms with van der Waals surface area (Å²) in [6.07, 6.45) is 5.23. The third kappa shape index (κ3) is 3.90. The largest absolute Gasteiger partial charge is 0.493 e. The number of methoxy groups -OCH3 is 2. The summed E-state index contributed by atoms with van der Waals surface area (Å²) in [6.45, 7) is 0.136. The first-order chi connectivity index (χ1) is 12.4. The Hall–Kier alpha value is -3.18. The molecule has 0 saturated carbocycles. The van der Waals surface area contributed by atoms with Crippen molar-refractivity contribution < 1.29 is 14.3 Å². The van der Waals surface area contributed by atoms with E-state index in [1.165, 1.54) is 0 Å². The van der Waals surface area contributed by atoms with Crippen LogP contribution < -0.4 is 20.2 Å². The number of rotatable bonds is 7. The predicted molar refractivity (Wildman–Crippen MR) is 100 cm³/mol. The molecule has 2 N–H and O–H groups in total. The van der Waals surface area contributed by atoms with Gasteiger partial charge >= 0.3 is 0 Å². The van der Waals surface area contributed by atoms with Crippen molar-refractivity contribution in [1.29, 1.82) is 0 Å². The van der Waals surface area contributed by atoms with Gasteiger partial charge in [-0.25, -0.2) is 9.99 Å². The van der Waals surface area contributed by atoms with Gasteiger partial charge in [0.1, 0.15) is 5.82 Å². The van der Waals surface area contributed by atoms with Gasteiger partial charge in [-0.2, -0.15) is 0 Å². The van der Waals surface area contributed by atoms with Gasteiger partial charge in [-0.15, -0.1) is 6.42 Å². The van der Waals surface area contributed by atoms with Gasteiger partial charge in [0.2, 0.25) is 0 Å². The normalized spacial score (nSPS) is 10.3. The number of carbonyl (C=O) groups is 1. The zero-order chi connectivity index (χ0) is 19.3. The van der Waals surface area contributed by atoms with E-state index in [4.69, 9.17) is 15.9 Å². The maximum atomic E-state index is 12.5. The average molecular weight is 357 g/mol. The molecule has 0 saturated heterocycles. The number of hydrogen-bond donors (Lipinski definition) is 2. The molecule has 2 rings (SSSR count). The molecule has 0 aliphatic heterocycles. The lowest BCUT2D eigenvalue weighted by Gasteiger charge is -2.13. The molecule has 1 aromatic carbocycles. The molecule has 138 valence electrons. The Labute approximate surface area is 153 Å². The van der Waals surface area contributed by atoms with E-state index >= 15 is 0 Å². The van der Waals surface area contributed by atoms with Crippen LogP contribution in [0, 0.1) is 12.3 Å². The van der Waals surface area contributed by atoms with Crippen LogP contribution in [0.25, 0.3) is 11.4 Å². The van der Waals surface area contributed by atoms with Crippen LogP contribution in [0.3, 0.4) is 0 Å². The molecule has 8 nitrogen and oxygen atoms in total. The Morgan fingerprint density at radius 3 is 2.58 bits per heavy atom. The van der Waals surface area contributed by atoms with Gasteiger partial charge in [0.15, 0.2) is 23.0 Å². The number of nitrogens with one attached hydrogen (secondary N) is 2. The number of nitrogens with zero attached hydrogens (tertiary/aromatic N) is 3. The first-order valence-corrected chi connectivity index (χ1v) is 7.87. The average Bonchev–Trinajstić information content (AvgIpc) is 2.94. The van der Waals surface area contributed by atoms with E-state index in [2.05, 4.69) is 21.6 Å². The van der Waals surface area contributed by atoms with Crippen LogP contribution in [0.2, 0.25) is 0 Å². The summed E-state index contributed by atoms with van der Waals surface area (Å²) in [5.41, 5.74) is 4.20. The fourth-order valence-electron chi connectivity index (χ4n) is 2.50. The minimum atomic E-state index is -0.311. The van der Waals surface area contributed by atoms with Crippen molar-refractivity contribution in [1.82, 2.24) is 19.9 Å². The van der Waals surface area contributed by atoms with Crippen molar-refractivity contribution in [3.8, 4) is 35.2 Å². The van der Waals surface area contributed by atoms with Crippen molar-refractivity contribution >= 4 is 11.7 Å². The number of anilines is 1. The number of terminal acetylenes is 1. The van der Waals surface area contributed by atoms with Crippen molar-refractivity contribution in [2.24, 2.45) is 7.05 Å². The Bertz CT molecular complexity index is 836. The van der Waals surface area contributed by atoms with Gasteiger partial charge in [-0.3, -0.25) is 4.79 Å². The second-order valence-corrected chi connectivity index (χ2v) is 5.65. The van der Waals surface area contributed by atoms with Gasteiger partial charge < -0.3 is 24.8 Å². The van der Waals surface area contributed by atoms with Crippen LogP contribution in [0.4, 0.5) is 5.82 Å². The number of carbonyl (C=O) groups excluding carboxylic acids is 1. The van der Waals surface area contributed by atoms with E-state index in [-0.39, 0.29) is 12.5 Å². The summed E-state index contributed by atoms with van der Waals surface area (Å²) in [7, 11) is 8.54. The monoisotopic (exact) mass is 357 g/mol. The summed E-state index contributed by atoms with van der Waals surface area (Å²) in [4.78, 5) is 17.1. The molecular formula is C18H23N5O3. The minimum Gasteiger partial charge on any atom is -0.493 e. The van der Waals surface area contributed by atoms with Crippen molar-refractivity contribution in [3.63, 3.8) is 0 Å². The Balaban J connectivity index is 2.54. The van der Waals surface area contributed by atoms with E-state index in [9.17, 15) is 4.79 Å². The number of hydrogen-bond acceptors (Lipinski definition) is 6. The standard InChI is InChI=1S/C18H23N5O3/c1-7-10-19-18(24)15-16(21-22(2)3)20-17(23(15)4)12-8-9-13(25-5)14(11-12)26-6/h1,8-9,11,21H,10H2,2-6H3,(H,19,24). The summed E-state index contributed by atoms with van der Waals surface area (Å²) >= 11 is 0. The summed E-state index contributed by atoms with van der Waals surface area (Å²) in [5, 5.41) is 4.38. The zero-order valence-electron chi connectivity index (χ0n) is 15.6. The number of amides is 1. The lowest BCUT2D eigenvalue weighted by atomic mass is 10.2. The van der Waals surface area contributed by atoms with Crippen LogP contribution in [-0.2, 0) is 7.05 Å². The smallest absolute Gasteiger partial charge is 0.272 e. The molecule has 0 unspecified atom stereocenters. The third-order valence-electron chi connectivity index (χ3n) is 3.63. The number of ether oxygens (including phenoxy) is 2. The number of aromatic nitrogens is 2. The molecule has 0 atom stereocenters. The van der Waals surface area contributed by atoms with E-state index in [0.717, 1.165) is 5.56 Å². The molecule has 0 aliphatic rings. The fraction of sp³-hybridized carbons (Fsp3) is 0.333. The zero-order valence-corrected chi connectivity index (χ0v) is 15.6. The van der Waals surface area contributed by atoms with E-state index in [1.807, 2.05) is 26.2 Å². The second kappa shape index (κ2) is 8.27. The van der Waals surface area contributed by atoms with Crippen molar-refractivity contribution in [2.45, 2.75) is 0 Å². The molecule has 0 fully saturated rings. The lowest BCUT2D eigenvalue weighted by Crippen LogP contribution is -2.28. The first kappa shape index (κ1) is 19.1. The Kier molecular flexibility index (Phi) is 6.09. The molecule has 1 amide bonds. The van der Waals surface area contributed by atoms with Crippen LogP contribution >= 0.6 is 0 Å². The molecule has 2 aromatic rings. The van der Waals surface area contributed by atoms with Gasteiger partial charge in [-0.1, -0.05) is 5.92 Å². The molecule has 0 aliphatic carbocycles. The molecule has 1 aromatic heterocycles. The molecule has 26 heavy (non-hydrogen) atoms. The predicted octanol–water partition coefficient (Wildman–Crippen LogP) is 1.36. The van der Waals surface area contributed by atoms with Gasteiger partial charge in [-0.05, 0) is 18.2 Å². The van der Waals surface area contributed by atoms with Gasteiger partial charge in [0, 0.05) is 26.7 Å². The molecular weight excluding hydrogens is 334 g/mol. The van der Waals surface area contributed by atoms with Crippen LogP contribution in [0.5, 0.6) is 11.5 Å². The lowest BCUT2D eigenvalue weighted by molar-refractivity contribution is 0.0951. The van der Waals surface area contributed by atoms with Crippen molar-refractivity contribution in [3.05, 3.63) is 23.9 Å². The third-order valence-corrected chi connectivity index (χ3v) is 3.63. The van der Waals surface area contributed by atoms with Crippen LogP contribution in [0.1, 0.15) is 10.5 Å². The summed E-state index contributed by atoms with van der Waals surface area (Å²) in [6, 6.07) is 5.45. The molecule has 1 heterocycles. The summed E-state index contributed by atoms with van der Waals surface area (Å²) in [5.74, 6) is 4.30. The van der Waals surface area contributed by atoms with E-state index in [1.54, 1.807) is 36.9 Å². The van der Waals surface area contributed by atoms with Crippen LogP contribution in [0.15, 0.2) is 18.2 Å². The second-order valence-electron chi connectivity index (χ2n) is 5.65. The molecule has 0 bridgehead atoms. The van der Waals surface area contributed by atoms with Gasteiger partial charge in [0.25, 0.3) is 5.91 Å². The molecule has 0 radical (unpaired) electrons. The highest BCUT2D eigenvalue weighted by molar-refractivity contribution is 5.98. The quantitative estimate of drug-likeness (QED) is 0.575. The van der Waals surface area contributed by atoms with Crippen LogP contribution in [-0.4, -0.2) is 55.3 Å². The van der Waals surface area contributed by atoms with Crippen molar-refractivity contribution in [2.75, 3.05) is 40.3 Å². The van der Waals surface area contributed by atoms with E-state index in [0.29, 0.717) is 28.8 Å². The number of imidazole rings is 1. The Morgan fingerprint density at radius 2 is 2.00 bits per heavy atom. The fourth-order valence-corrected chi connectivity index (χ4v) is 2.50. The SMILES string of the molecule is C#CCNC(=O)c1c(NN(C)C)nc(-c2ccc(OC)c(OC)c2)n1C. The highest BCUT2D eigenvalue weighted by Gasteiger charge is 2.23. The highest BCUT2D eigenvalue weighted by Crippen LogP contribution is 2.33. The topological polar surface area (TPSA) is 80.7 Å². The summed E-state index contributed by atoms with van der Waals surface area (Å²) < 4.78 is 12.3. The first-order valence-electron chi connectivity index (χ1n) is 7.87. The number of hydrazine groups is 1. The Morgan fingerprint density at radius 1 is 1.31 bits per heavy atom. The van der Waals surface area contributed by atoms with E-state index < -0.39 is 0 Å². The maximum Gasteiger partial charge on any atom is 0.272 e. The number of benzene rings is 1. The molecule has 0 spiro atoms.